The van der Waals surface area contributed by atoms with Gasteiger partial charge in [0, 0.05) is 6.07 Å². The van der Waals surface area contributed by atoms with Gasteiger partial charge in [0.1, 0.15) is 23.5 Å². The van der Waals surface area contributed by atoms with Gasteiger partial charge in [0.05, 0.1) is 12.2 Å². The first-order valence-corrected chi connectivity index (χ1v) is 5.68. The van der Waals surface area contributed by atoms with Gasteiger partial charge >= 0.3 is 0 Å². The smallest absolute Gasteiger partial charge is 0.143 e. The molecule has 0 aromatic heterocycles. The summed E-state index contributed by atoms with van der Waals surface area (Å²) in [5.41, 5.74) is 1.39. The van der Waals surface area contributed by atoms with Crippen molar-refractivity contribution < 1.29 is 13.5 Å². The highest BCUT2D eigenvalue weighted by atomic mass is 19.1. The predicted octanol–water partition coefficient (Wildman–Crippen LogP) is 3.51. The average molecular weight is 247 g/mol. The molecule has 0 saturated carbocycles. The van der Waals surface area contributed by atoms with Crippen LogP contribution < -0.4 is 10.1 Å². The number of hydrogen-bond donors (Lipinski definition) is 1. The van der Waals surface area contributed by atoms with E-state index in [1.807, 2.05) is 6.07 Å². The molecule has 3 rings (SSSR count). The molecule has 0 saturated heterocycles. The van der Waals surface area contributed by atoms with Gasteiger partial charge in [-0.25, -0.2) is 8.78 Å². The first-order chi connectivity index (χ1) is 8.72. The van der Waals surface area contributed by atoms with E-state index in [0.717, 1.165) is 5.56 Å². The van der Waals surface area contributed by atoms with E-state index in [2.05, 4.69) is 5.32 Å². The molecule has 2 aromatic rings. The van der Waals surface area contributed by atoms with Crippen molar-refractivity contribution in [3.63, 3.8) is 0 Å². The van der Waals surface area contributed by atoms with Crippen LogP contribution in [0.1, 0.15) is 11.7 Å². The van der Waals surface area contributed by atoms with Crippen LogP contribution in [0, 0.1) is 11.6 Å². The number of fused-ring (bicyclic) bond motifs is 1. The normalized spacial score (nSPS) is 17.6. The lowest BCUT2D eigenvalue weighted by Crippen LogP contribution is -2.23. The van der Waals surface area contributed by atoms with Crippen LogP contribution >= 0.6 is 0 Å². The zero-order valence-electron chi connectivity index (χ0n) is 9.49. The molecule has 0 radical (unpaired) electrons. The lowest BCUT2D eigenvalue weighted by molar-refractivity contribution is 0.209. The SMILES string of the molecule is Fc1cccc(C2CNc3cc(F)ccc3O2)c1. The summed E-state index contributed by atoms with van der Waals surface area (Å²) in [7, 11) is 0. The molecule has 1 atom stereocenters. The van der Waals surface area contributed by atoms with Crippen molar-refractivity contribution in [2.75, 3.05) is 11.9 Å². The highest BCUT2D eigenvalue weighted by molar-refractivity contribution is 5.58. The molecule has 2 nitrogen and oxygen atoms in total. The third-order valence-corrected chi connectivity index (χ3v) is 2.91. The van der Waals surface area contributed by atoms with E-state index < -0.39 is 0 Å². The Kier molecular flexibility index (Phi) is 2.63. The molecule has 2 aromatic carbocycles. The minimum absolute atomic E-state index is 0.265. The van der Waals surface area contributed by atoms with Crippen LogP contribution in [-0.2, 0) is 0 Å². The summed E-state index contributed by atoms with van der Waals surface area (Å²) in [6, 6.07) is 10.6. The Bertz CT molecular complexity index is 586. The van der Waals surface area contributed by atoms with Crippen LogP contribution in [0.2, 0.25) is 0 Å². The number of hydrogen-bond acceptors (Lipinski definition) is 2. The van der Waals surface area contributed by atoms with Crippen molar-refractivity contribution in [1.82, 2.24) is 0 Å². The van der Waals surface area contributed by atoms with Crippen molar-refractivity contribution in [3.05, 3.63) is 59.7 Å². The van der Waals surface area contributed by atoms with Gasteiger partial charge in [0.2, 0.25) is 0 Å². The van der Waals surface area contributed by atoms with E-state index in [1.54, 1.807) is 12.1 Å². The minimum Gasteiger partial charge on any atom is -0.482 e. The summed E-state index contributed by atoms with van der Waals surface area (Å²) >= 11 is 0. The van der Waals surface area contributed by atoms with Gasteiger partial charge in [0.15, 0.2) is 0 Å². The van der Waals surface area contributed by atoms with E-state index in [4.69, 9.17) is 4.74 Å². The third-order valence-electron chi connectivity index (χ3n) is 2.91. The van der Waals surface area contributed by atoms with E-state index in [-0.39, 0.29) is 17.7 Å². The molecule has 0 amide bonds. The topological polar surface area (TPSA) is 21.3 Å². The van der Waals surface area contributed by atoms with Crippen LogP contribution in [-0.4, -0.2) is 6.54 Å². The number of ether oxygens (including phenoxy) is 1. The van der Waals surface area contributed by atoms with Crippen LogP contribution in [0.3, 0.4) is 0 Å². The molecule has 0 fully saturated rings. The maximum atomic E-state index is 13.1. The standard InChI is InChI=1S/C14H11F2NO/c15-10-3-1-2-9(6-10)14-8-17-12-7-11(16)4-5-13(12)18-14/h1-7,14,17H,8H2. The number of halogens is 2. The molecule has 0 aliphatic carbocycles. The summed E-state index contributed by atoms with van der Waals surface area (Å²) in [5, 5.41) is 3.08. The van der Waals surface area contributed by atoms with Crippen molar-refractivity contribution in [1.29, 1.82) is 0 Å². The first kappa shape index (κ1) is 11.0. The van der Waals surface area contributed by atoms with E-state index in [9.17, 15) is 8.78 Å². The number of anilines is 1. The lowest BCUT2D eigenvalue weighted by Gasteiger charge is -2.27. The molecule has 1 aliphatic heterocycles. The molecular weight excluding hydrogens is 236 g/mol. The largest absolute Gasteiger partial charge is 0.482 e. The summed E-state index contributed by atoms with van der Waals surface area (Å²) in [5.74, 6) is -0.0213. The van der Waals surface area contributed by atoms with Crippen molar-refractivity contribution in [2.45, 2.75) is 6.10 Å². The zero-order valence-corrected chi connectivity index (χ0v) is 9.49. The van der Waals surface area contributed by atoms with Gasteiger partial charge in [-0.3, -0.25) is 0 Å². The predicted molar refractivity (Wildman–Crippen MR) is 64.7 cm³/mol. The zero-order chi connectivity index (χ0) is 12.5. The highest BCUT2D eigenvalue weighted by Gasteiger charge is 2.21. The monoisotopic (exact) mass is 247 g/mol. The Hall–Kier alpha value is -2.10. The second-order valence-electron chi connectivity index (χ2n) is 4.18. The van der Waals surface area contributed by atoms with Crippen LogP contribution in [0.15, 0.2) is 42.5 Å². The van der Waals surface area contributed by atoms with E-state index >= 15 is 0 Å². The molecular formula is C14H11F2NO. The molecule has 1 unspecified atom stereocenters. The Balaban J connectivity index is 1.89. The fourth-order valence-electron chi connectivity index (χ4n) is 2.03. The van der Waals surface area contributed by atoms with Gasteiger partial charge < -0.3 is 10.1 Å². The Morgan fingerprint density at radius 3 is 2.72 bits per heavy atom. The minimum atomic E-state index is -0.311. The molecule has 4 heteroatoms. The number of nitrogens with one attached hydrogen (secondary N) is 1. The summed E-state index contributed by atoms with van der Waals surface area (Å²) < 4.78 is 31.9. The second-order valence-corrected chi connectivity index (χ2v) is 4.18. The Morgan fingerprint density at radius 1 is 1.06 bits per heavy atom. The fraction of sp³-hybridized carbons (Fsp3) is 0.143. The molecule has 18 heavy (non-hydrogen) atoms. The summed E-state index contributed by atoms with van der Waals surface area (Å²) in [6.45, 7) is 0.486. The van der Waals surface area contributed by atoms with Gasteiger partial charge in [-0.05, 0) is 29.8 Å². The average Bonchev–Trinajstić information content (AvgIpc) is 2.38. The Morgan fingerprint density at radius 2 is 1.89 bits per heavy atom. The maximum absolute atomic E-state index is 13.1. The van der Waals surface area contributed by atoms with Gasteiger partial charge in [-0.2, -0.15) is 0 Å². The van der Waals surface area contributed by atoms with Crippen molar-refractivity contribution in [2.24, 2.45) is 0 Å². The molecule has 1 N–H and O–H groups in total. The molecule has 92 valence electrons. The summed E-state index contributed by atoms with van der Waals surface area (Å²) in [4.78, 5) is 0. The quantitative estimate of drug-likeness (QED) is 0.832. The van der Waals surface area contributed by atoms with Crippen molar-refractivity contribution in [3.8, 4) is 5.75 Å². The van der Waals surface area contributed by atoms with Crippen LogP contribution in [0.25, 0.3) is 0 Å². The molecule has 1 aliphatic rings. The van der Waals surface area contributed by atoms with Gasteiger partial charge in [0.25, 0.3) is 0 Å². The van der Waals surface area contributed by atoms with Crippen LogP contribution in [0.5, 0.6) is 5.75 Å². The van der Waals surface area contributed by atoms with E-state index in [1.165, 1.54) is 24.3 Å². The highest BCUT2D eigenvalue weighted by Crippen LogP contribution is 2.34. The number of benzene rings is 2. The van der Waals surface area contributed by atoms with E-state index in [0.29, 0.717) is 18.0 Å². The fourth-order valence-corrected chi connectivity index (χ4v) is 2.03. The molecule has 0 bridgehead atoms. The van der Waals surface area contributed by atoms with Crippen LogP contribution in [0.4, 0.5) is 14.5 Å². The lowest BCUT2D eigenvalue weighted by atomic mass is 10.1. The second kappa shape index (κ2) is 4.29. The summed E-state index contributed by atoms with van der Waals surface area (Å²) in [6.07, 6.45) is -0.265. The Labute approximate surface area is 103 Å². The van der Waals surface area contributed by atoms with Crippen molar-refractivity contribution >= 4 is 5.69 Å². The van der Waals surface area contributed by atoms with Gasteiger partial charge in [-0.1, -0.05) is 12.1 Å². The number of rotatable bonds is 1. The molecule has 0 spiro atoms. The first-order valence-electron chi connectivity index (χ1n) is 5.68. The van der Waals surface area contributed by atoms with Gasteiger partial charge in [-0.15, -0.1) is 0 Å². The molecule has 1 heterocycles. The maximum Gasteiger partial charge on any atom is 0.143 e. The third kappa shape index (κ3) is 2.01.